The largest absolute Gasteiger partial charge is 0.417 e. The lowest BCUT2D eigenvalue weighted by Crippen LogP contribution is -2.48. The number of carbonyl (C=O) groups is 2. The number of anilines is 2. The summed E-state index contributed by atoms with van der Waals surface area (Å²) in [5.41, 5.74) is -0.581. The Morgan fingerprint density at radius 3 is 2.70 bits per heavy atom. The number of nitrogens with one attached hydrogen (secondary N) is 2. The van der Waals surface area contributed by atoms with Crippen LogP contribution in [0.4, 0.5) is 24.8 Å². The summed E-state index contributed by atoms with van der Waals surface area (Å²) < 4.78 is 38.5. The van der Waals surface area contributed by atoms with E-state index in [0.29, 0.717) is 31.5 Å². The fraction of sp³-hybridized carbons (Fsp3) is 0.368. The van der Waals surface area contributed by atoms with Crippen LogP contribution < -0.4 is 15.5 Å². The molecule has 3 rings (SSSR count). The van der Waals surface area contributed by atoms with Crippen molar-refractivity contribution >= 4 is 35.1 Å². The van der Waals surface area contributed by atoms with Crippen molar-refractivity contribution in [1.82, 2.24) is 15.3 Å². The molecule has 30 heavy (non-hydrogen) atoms. The zero-order valence-electron chi connectivity index (χ0n) is 16.0. The zero-order chi connectivity index (χ0) is 21.9. The molecule has 11 heteroatoms. The van der Waals surface area contributed by atoms with Crippen molar-refractivity contribution in [1.29, 1.82) is 0 Å². The van der Waals surface area contributed by atoms with E-state index in [1.54, 1.807) is 4.90 Å². The van der Waals surface area contributed by atoms with Gasteiger partial charge in [0.25, 0.3) is 5.91 Å². The van der Waals surface area contributed by atoms with Crippen LogP contribution in [0.3, 0.4) is 0 Å². The Balaban J connectivity index is 1.68. The van der Waals surface area contributed by atoms with Crippen LogP contribution in [0.1, 0.15) is 35.7 Å². The summed E-state index contributed by atoms with van der Waals surface area (Å²) in [5, 5.41) is 5.32. The van der Waals surface area contributed by atoms with Crippen LogP contribution >= 0.6 is 11.6 Å². The van der Waals surface area contributed by atoms with Crippen molar-refractivity contribution in [2.24, 2.45) is 0 Å². The molecule has 0 radical (unpaired) electrons. The minimum absolute atomic E-state index is 0.0918. The first-order valence-corrected chi connectivity index (χ1v) is 9.53. The highest BCUT2D eigenvalue weighted by Gasteiger charge is 2.32. The van der Waals surface area contributed by atoms with Gasteiger partial charge < -0.3 is 15.5 Å². The van der Waals surface area contributed by atoms with Gasteiger partial charge >= 0.3 is 6.18 Å². The van der Waals surface area contributed by atoms with Crippen LogP contribution in [0.25, 0.3) is 0 Å². The molecular weight excluding hydrogens is 423 g/mol. The van der Waals surface area contributed by atoms with Crippen molar-refractivity contribution in [3.05, 3.63) is 46.7 Å². The number of amides is 2. The van der Waals surface area contributed by atoms with E-state index < -0.39 is 11.7 Å². The fourth-order valence-corrected chi connectivity index (χ4v) is 3.48. The van der Waals surface area contributed by atoms with E-state index in [1.165, 1.54) is 25.3 Å². The second-order valence-corrected chi connectivity index (χ2v) is 7.30. The summed E-state index contributed by atoms with van der Waals surface area (Å²) in [7, 11) is 0. The van der Waals surface area contributed by atoms with E-state index in [4.69, 9.17) is 11.6 Å². The molecule has 1 aliphatic rings. The maximum Gasteiger partial charge on any atom is 0.417 e. The van der Waals surface area contributed by atoms with Gasteiger partial charge in [0.15, 0.2) is 0 Å². The number of nitrogens with zero attached hydrogens (tertiary/aromatic N) is 3. The van der Waals surface area contributed by atoms with E-state index in [-0.39, 0.29) is 34.5 Å². The molecule has 1 aliphatic heterocycles. The number of halogens is 4. The van der Waals surface area contributed by atoms with E-state index in [0.717, 1.165) is 12.3 Å². The third kappa shape index (κ3) is 5.38. The summed E-state index contributed by atoms with van der Waals surface area (Å²) in [6.45, 7) is 2.26. The van der Waals surface area contributed by atoms with Gasteiger partial charge in [0.2, 0.25) is 5.91 Å². The average Bonchev–Trinajstić information content (AvgIpc) is 2.67. The lowest BCUT2D eigenvalue weighted by Gasteiger charge is -2.34. The highest BCUT2D eigenvalue weighted by molar-refractivity contribution is 6.33. The van der Waals surface area contributed by atoms with Gasteiger partial charge in [-0.25, -0.2) is 9.97 Å². The molecule has 0 saturated carbocycles. The van der Waals surface area contributed by atoms with Gasteiger partial charge in [0.05, 0.1) is 10.6 Å². The molecule has 2 aromatic rings. The van der Waals surface area contributed by atoms with Crippen LogP contribution in [0, 0.1) is 0 Å². The number of piperidine rings is 1. The second-order valence-electron chi connectivity index (χ2n) is 6.90. The van der Waals surface area contributed by atoms with Gasteiger partial charge in [-0.15, -0.1) is 0 Å². The summed E-state index contributed by atoms with van der Waals surface area (Å²) in [6.07, 6.45) is -0.945. The maximum absolute atomic E-state index is 12.8. The Morgan fingerprint density at radius 1 is 1.27 bits per heavy atom. The maximum atomic E-state index is 12.8. The molecule has 1 fully saturated rings. The molecule has 1 atom stereocenters. The Hall–Kier alpha value is -2.88. The molecule has 0 aromatic carbocycles. The molecule has 2 aromatic heterocycles. The van der Waals surface area contributed by atoms with Gasteiger partial charge in [0, 0.05) is 44.0 Å². The molecule has 7 nitrogen and oxygen atoms in total. The van der Waals surface area contributed by atoms with E-state index >= 15 is 0 Å². The monoisotopic (exact) mass is 441 g/mol. The second kappa shape index (κ2) is 8.86. The predicted molar refractivity (Wildman–Crippen MR) is 105 cm³/mol. The number of aromatic nitrogens is 2. The number of hydrogen-bond donors (Lipinski definition) is 2. The Kier molecular flexibility index (Phi) is 6.45. The van der Waals surface area contributed by atoms with Crippen LogP contribution in [-0.4, -0.2) is 40.9 Å². The highest BCUT2D eigenvalue weighted by Crippen LogP contribution is 2.34. The van der Waals surface area contributed by atoms with Crippen LogP contribution in [0.15, 0.2) is 30.6 Å². The lowest BCUT2D eigenvalue weighted by atomic mass is 10.0. The van der Waals surface area contributed by atoms with E-state index in [1.807, 2.05) is 0 Å². The molecular formula is C19H19ClF3N5O2. The molecule has 0 aliphatic carbocycles. The number of pyridine rings is 2. The third-order valence-electron chi connectivity index (χ3n) is 4.53. The van der Waals surface area contributed by atoms with Gasteiger partial charge in [-0.3, -0.25) is 9.59 Å². The van der Waals surface area contributed by atoms with E-state index in [2.05, 4.69) is 20.6 Å². The Morgan fingerprint density at radius 2 is 2.03 bits per heavy atom. The molecule has 160 valence electrons. The fourth-order valence-electron chi connectivity index (χ4n) is 3.19. The smallest absolute Gasteiger partial charge is 0.353 e. The first-order chi connectivity index (χ1) is 14.1. The molecule has 2 N–H and O–H groups in total. The van der Waals surface area contributed by atoms with Crippen LogP contribution in [-0.2, 0) is 11.0 Å². The molecule has 3 heterocycles. The summed E-state index contributed by atoms with van der Waals surface area (Å²) in [4.78, 5) is 33.3. The third-order valence-corrected chi connectivity index (χ3v) is 4.81. The van der Waals surface area contributed by atoms with Crippen LogP contribution in [0.2, 0.25) is 5.02 Å². The first kappa shape index (κ1) is 21.8. The highest BCUT2D eigenvalue weighted by atomic mass is 35.5. The SMILES string of the molecule is CC(=O)Nc1cc(C(=O)NC2CCCN(c3ncc(C(F)(F)F)cc3Cl)C2)ccn1. The zero-order valence-corrected chi connectivity index (χ0v) is 16.7. The van der Waals surface area contributed by atoms with Gasteiger partial charge in [-0.05, 0) is 31.0 Å². The number of hydrogen-bond acceptors (Lipinski definition) is 5. The average molecular weight is 442 g/mol. The summed E-state index contributed by atoms with van der Waals surface area (Å²) >= 11 is 6.04. The lowest BCUT2D eigenvalue weighted by molar-refractivity contribution is -0.137. The Bertz CT molecular complexity index is 954. The molecule has 0 spiro atoms. The van der Waals surface area contributed by atoms with Gasteiger partial charge in [0.1, 0.15) is 11.6 Å². The normalized spacial score (nSPS) is 16.8. The van der Waals surface area contributed by atoms with Crippen molar-refractivity contribution in [3.63, 3.8) is 0 Å². The molecule has 2 amide bonds. The standard InChI is InChI=1S/C19H19ClF3N5O2/c1-11(29)26-16-7-12(4-5-24-16)18(30)27-14-3-2-6-28(10-14)17-15(20)8-13(9-25-17)19(21,22)23/h4-5,7-9,14H,2-3,6,10H2,1H3,(H,27,30)(H,24,26,29). The predicted octanol–water partition coefficient (Wildman–Crippen LogP) is 3.51. The minimum Gasteiger partial charge on any atom is -0.353 e. The van der Waals surface area contributed by atoms with Crippen molar-refractivity contribution in [2.45, 2.75) is 32.0 Å². The molecule has 1 saturated heterocycles. The Labute approximate surface area is 175 Å². The molecule has 1 unspecified atom stereocenters. The van der Waals surface area contributed by atoms with Gasteiger partial charge in [-0.1, -0.05) is 11.6 Å². The quantitative estimate of drug-likeness (QED) is 0.758. The van der Waals surface area contributed by atoms with Crippen molar-refractivity contribution in [3.8, 4) is 0 Å². The number of alkyl halides is 3. The molecule has 0 bridgehead atoms. The number of carbonyl (C=O) groups excluding carboxylic acids is 2. The summed E-state index contributed by atoms with van der Waals surface area (Å²) in [6, 6.07) is 3.59. The topological polar surface area (TPSA) is 87.2 Å². The van der Waals surface area contributed by atoms with Gasteiger partial charge in [-0.2, -0.15) is 13.2 Å². The van der Waals surface area contributed by atoms with Crippen LogP contribution in [0.5, 0.6) is 0 Å². The van der Waals surface area contributed by atoms with Crippen molar-refractivity contribution in [2.75, 3.05) is 23.3 Å². The number of rotatable bonds is 4. The summed E-state index contributed by atoms with van der Waals surface area (Å²) in [5.74, 6) is -0.132. The van der Waals surface area contributed by atoms with Crippen molar-refractivity contribution < 1.29 is 22.8 Å². The van der Waals surface area contributed by atoms with E-state index in [9.17, 15) is 22.8 Å². The first-order valence-electron chi connectivity index (χ1n) is 9.15. The minimum atomic E-state index is -4.52.